The summed E-state index contributed by atoms with van der Waals surface area (Å²) in [6, 6.07) is 21.2. The molecule has 0 aromatic heterocycles. The van der Waals surface area contributed by atoms with Gasteiger partial charge in [0.25, 0.3) is 0 Å². The van der Waals surface area contributed by atoms with E-state index in [9.17, 15) is 9.90 Å². The van der Waals surface area contributed by atoms with E-state index >= 15 is 0 Å². The average Bonchev–Trinajstić information content (AvgIpc) is 3.36. The van der Waals surface area contributed by atoms with Crippen LogP contribution in [-0.4, -0.2) is 36.0 Å². The van der Waals surface area contributed by atoms with E-state index in [0.29, 0.717) is 12.4 Å². The zero-order valence-corrected chi connectivity index (χ0v) is 19.6. The summed E-state index contributed by atoms with van der Waals surface area (Å²) in [5.41, 5.74) is 3.97. The molecule has 0 bridgehead atoms. The molecule has 0 aliphatic carbocycles. The van der Waals surface area contributed by atoms with Crippen molar-refractivity contribution in [1.29, 1.82) is 0 Å². The van der Waals surface area contributed by atoms with Crippen LogP contribution < -0.4 is 9.47 Å². The van der Waals surface area contributed by atoms with Gasteiger partial charge in [-0.2, -0.15) is 0 Å². The molecule has 1 fully saturated rings. The highest BCUT2D eigenvalue weighted by Gasteiger charge is 2.12. The molecule has 4 rings (SSSR count). The number of hydrogen-bond donors (Lipinski definition) is 1. The summed E-state index contributed by atoms with van der Waals surface area (Å²) < 4.78 is 11.1. The zero-order chi connectivity index (χ0) is 23.8. The number of hydrogen-bond acceptors (Lipinski definition) is 5. The van der Waals surface area contributed by atoms with Gasteiger partial charge in [0.15, 0.2) is 17.3 Å². The molecular weight excluding hydrogens is 426 g/mol. The summed E-state index contributed by atoms with van der Waals surface area (Å²) in [6.45, 7) is 3.77. The molecule has 1 saturated heterocycles. The minimum Gasteiger partial charge on any atom is -0.504 e. The maximum absolute atomic E-state index is 12.6. The maximum atomic E-state index is 12.6. The molecule has 0 atom stereocenters. The molecule has 0 spiro atoms. The predicted octanol–water partition coefficient (Wildman–Crippen LogP) is 5.40. The highest BCUT2D eigenvalue weighted by atomic mass is 16.5. The Kier molecular flexibility index (Phi) is 7.99. The van der Waals surface area contributed by atoms with E-state index in [0.717, 1.165) is 29.0 Å². The number of methoxy groups -OCH3 is 1. The summed E-state index contributed by atoms with van der Waals surface area (Å²) in [5, 5.41) is 9.90. The number of carbonyl (C=O) groups is 1. The lowest BCUT2D eigenvalue weighted by Crippen LogP contribution is -2.18. The van der Waals surface area contributed by atoms with Crippen LogP contribution in [0.3, 0.4) is 0 Å². The normalized spacial score (nSPS) is 13.9. The smallest absolute Gasteiger partial charge is 0.160 e. The van der Waals surface area contributed by atoms with Gasteiger partial charge in [-0.3, -0.25) is 9.69 Å². The number of carbonyl (C=O) groups excluding carboxylic acids is 1. The highest BCUT2D eigenvalue weighted by molar-refractivity contribution is 5.95. The summed E-state index contributed by atoms with van der Waals surface area (Å²) >= 11 is 0. The number of ether oxygens (including phenoxy) is 2. The van der Waals surface area contributed by atoms with Crippen LogP contribution in [0.2, 0.25) is 0 Å². The number of phenolic OH excluding ortho intramolecular Hbond substituents is 1. The summed E-state index contributed by atoms with van der Waals surface area (Å²) in [7, 11) is 1.50. The Balaban J connectivity index is 1.33. The van der Waals surface area contributed by atoms with E-state index in [4.69, 9.17) is 9.47 Å². The summed E-state index contributed by atoms with van der Waals surface area (Å²) in [6.07, 6.45) is 6.11. The van der Waals surface area contributed by atoms with Crippen molar-refractivity contribution >= 4 is 11.9 Å². The van der Waals surface area contributed by atoms with Gasteiger partial charge in [-0.15, -0.1) is 0 Å². The first kappa shape index (κ1) is 23.6. The number of likely N-dealkylation sites (tertiary alicyclic amines) is 1. The number of aromatic hydroxyl groups is 1. The van der Waals surface area contributed by atoms with E-state index in [1.54, 1.807) is 24.3 Å². The second-order valence-corrected chi connectivity index (χ2v) is 8.59. The van der Waals surface area contributed by atoms with Crippen molar-refractivity contribution in [2.45, 2.75) is 32.4 Å². The van der Waals surface area contributed by atoms with Crippen molar-refractivity contribution in [2.24, 2.45) is 0 Å². The Morgan fingerprint density at radius 1 is 1.00 bits per heavy atom. The lowest BCUT2D eigenvalue weighted by Gasteiger charge is -2.15. The lowest BCUT2D eigenvalue weighted by molar-refractivity contribution is -0.113. The first-order valence-electron chi connectivity index (χ1n) is 11.7. The number of benzene rings is 3. The Hall–Kier alpha value is -3.57. The molecule has 1 aliphatic heterocycles. The molecule has 5 nitrogen and oxygen atoms in total. The molecule has 0 unspecified atom stereocenters. The lowest BCUT2D eigenvalue weighted by atomic mass is 10.0. The molecule has 176 valence electrons. The van der Waals surface area contributed by atoms with Crippen LogP contribution in [0.4, 0.5) is 0 Å². The molecule has 0 saturated carbocycles. The third-order valence-electron chi connectivity index (χ3n) is 6.07. The molecule has 5 heteroatoms. The van der Waals surface area contributed by atoms with Crippen molar-refractivity contribution < 1.29 is 19.4 Å². The fourth-order valence-electron chi connectivity index (χ4n) is 4.17. The van der Waals surface area contributed by atoms with Gasteiger partial charge in [-0.1, -0.05) is 48.5 Å². The van der Waals surface area contributed by atoms with Gasteiger partial charge in [0.1, 0.15) is 12.4 Å². The summed E-state index contributed by atoms with van der Waals surface area (Å²) in [4.78, 5) is 15.1. The fourth-order valence-corrected chi connectivity index (χ4v) is 4.17. The van der Waals surface area contributed by atoms with Gasteiger partial charge < -0.3 is 14.6 Å². The van der Waals surface area contributed by atoms with Gasteiger partial charge in [0.2, 0.25) is 0 Å². The second-order valence-electron chi connectivity index (χ2n) is 8.59. The molecular formula is C29H31NO4. The minimum absolute atomic E-state index is 0.0194. The van der Waals surface area contributed by atoms with Crippen LogP contribution in [-0.2, 0) is 24.4 Å². The van der Waals surface area contributed by atoms with Crippen LogP contribution in [0.15, 0.2) is 72.8 Å². The first-order valence-corrected chi connectivity index (χ1v) is 11.7. The Morgan fingerprint density at radius 3 is 2.44 bits per heavy atom. The van der Waals surface area contributed by atoms with Crippen molar-refractivity contribution in [3.63, 3.8) is 0 Å². The number of ketones is 1. The maximum Gasteiger partial charge on any atom is 0.160 e. The van der Waals surface area contributed by atoms with Crippen molar-refractivity contribution in [2.75, 3.05) is 20.2 Å². The summed E-state index contributed by atoms with van der Waals surface area (Å²) in [5.74, 6) is 1.25. The van der Waals surface area contributed by atoms with Crippen LogP contribution in [0.5, 0.6) is 17.2 Å². The van der Waals surface area contributed by atoms with Crippen LogP contribution in [0.25, 0.3) is 6.08 Å². The molecule has 1 heterocycles. The Bertz CT molecular complexity index is 1130. The molecule has 3 aromatic rings. The molecule has 34 heavy (non-hydrogen) atoms. The number of rotatable bonds is 10. The first-order chi connectivity index (χ1) is 16.6. The van der Waals surface area contributed by atoms with Crippen LogP contribution >= 0.6 is 0 Å². The monoisotopic (exact) mass is 457 g/mol. The largest absolute Gasteiger partial charge is 0.504 e. The molecule has 0 radical (unpaired) electrons. The van der Waals surface area contributed by atoms with Gasteiger partial charge in [-0.25, -0.2) is 0 Å². The minimum atomic E-state index is -0.0194. The van der Waals surface area contributed by atoms with Crippen molar-refractivity contribution in [1.82, 2.24) is 4.90 Å². The molecule has 1 N–H and O–H groups in total. The van der Waals surface area contributed by atoms with E-state index in [-0.39, 0.29) is 18.0 Å². The third kappa shape index (κ3) is 6.49. The van der Waals surface area contributed by atoms with Crippen LogP contribution in [0.1, 0.15) is 35.1 Å². The topological polar surface area (TPSA) is 59.0 Å². The van der Waals surface area contributed by atoms with Gasteiger partial charge in [-0.05, 0) is 78.5 Å². The molecule has 3 aromatic carbocycles. The number of allylic oxidation sites excluding steroid dienone is 1. The van der Waals surface area contributed by atoms with E-state index in [1.807, 2.05) is 36.4 Å². The van der Waals surface area contributed by atoms with E-state index in [1.165, 1.54) is 44.7 Å². The van der Waals surface area contributed by atoms with Gasteiger partial charge >= 0.3 is 0 Å². The third-order valence-corrected chi connectivity index (χ3v) is 6.07. The van der Waals surface area contributed by atoms with Gasteiger partial charge in [0, 0.05) is 13.0 Å². The number of nitrogens with zero attached hydrogens (tertiary/aromatic N) is 1. The van der Waals surface area contributed by atoms with E-state index in [2.05, 4.69) is 17.0 Å². The standard InChI is InChI=1S/C29H31NO4/c1-33-29-15-11-22(18-28(29)32)8-12-26(31)19-24-6-2-3-7-25(24)21-34-27-13-9-23(10-14-27)20-30-16-4-5-17-30/h2-3,6-15,18,32H,4-5,16-17,19-21H2,1H3/b12-8+. The van der Waals surface area contributed by atoms with Crippen molar-refractivity contribution in [3.8, 4) is 17.2 Å². The zero-order valence-electron chi connectivity index (χ0n) is 19.6. The molecule has 1 aliphatic rings. The average molecular weight is 458 g/mol. The van der Waals surface area contributed by atoms with Gasteiger partial charge in [0.05, 0.1) is 7.11 Å². The molecule has 0 amide bonds. The van der Waals surface area contributed by atoms with Crippen LogP contribution in [0, 0.1) is 0 Å². The second kappa shape index (κ2) is 11.5. The van der Waals surface area contributed by atoms with Crippen molar-refractivity contribution in [3.05, 3.63) is 95.1 Å². The SMILES string of the molecule is COc1ccc(/C=C/C(=O)Cc2ccccc2COc2ccc(CN3CCCC3)cc2)cc1O. The highest BCUT2D eigenvalue weighted by Crippen LogP contribution is 2.26. The Morgan fingerprint density at radius 2 is 1.74 bits per heavy atom. The Labute approximate surface area is 201 Å². The fraction of sp³-hybridized carbons (Fsp3) is 0.276. The number of phenols is 1. The van der Waals surface area contributed by atoms with E-state index < -0.39 is 0 Å². The quantitative estimate of drug-likeness (QED) is 0.413. The predicted molar refractivity (Wildman–Crippen MR) is 134 cm³/mol.